The summed E-state index contributed by atoms with van der Waals surface area (Å²) in [6.45, 7) is 0. The van der Waals surface area contributed by atoms with Gasteiger partial charge in [-0.05, 0) is 17.6 Å². The monoisotopic (exact) mass is 522 g/mol. The van der Waals surface area contributed by atoms with E-state index in [-0.39, 0.29) is 49.7 Å². The number of amidine groups is 2. The molecule has 0 saturated carbocycles. The van der Waals surface area contributed by atoms with Gasteiger partial charge in [0.05, 0.1) is 0 Å². The van der Waals surface area contributed by atoms with Crippen LogP contribution in [0.1, 0.15) is 6.42 Å². The van der Waals surface area contributed by atoms with Gasteiger partial charge in [-0.25, -0.2) is 0 Å². The molecule has 9 heteroatoms. The predicted molar refractivity (Wildman–Crippen MR) is 126 cm³/mol. The van der Waals surface area contributed by atoms with E-state index >= 15 is 0 Å². The van der Waals surface area contributed by atoms with Gasteiger partial charge in [0, 0.05) is 26.7 Å². The molecule has 3 rings (SSSR count). The van der Waals surface area contributed by atoms with Crippen molar-refractivity contribution >= 4 is 79.6 Å². The first-order chi connectivity index (χ1) is 11.0. The van der Waals surface area contributed by atoms with Crippen molar-refractivity contribution in [3.8, 4) is 0 Å². The van der Waals surface area contributed by atoms with Gasteiger partial charge in [-0.3, -0.25) is 10.8 Å². The van der Waals surface area contributed by atoms with Crippen molar-refractivity contribution in [2.45, 2.75) is 6.42 Å². The third-order valence-electron chi connectivity index (χ3n) is 3.96. The molecule has 4 nitrogen and oxygen atoms in total. The number of hydrogen-bond donors (Lipinski definition) is 4. The summed E-state index contributed by atoms with van der Waals surface area (Å²) in [6.07, 6.45) is 14.0. The lowest BCUT2D eigenvalue weighted by atomic mass is 9.71. The van der Waals surface area contributed by atoms with E-state index in [1.165, 1.54) is 44.5 Å². The smallest absolute Gasteiger partial charge is 0.151 e. The quantitative estimate of drug-likeness (QED) is 0.315. The van der Waals surface area contributed by atoms with Crippen LogP contribution in [0.25, 0.3) is 0 Å². The fourth-order valence-electron chi connectivity index (χ4n) is 3.02. The highest BCUT2D eigenvalue weighted by molar-refractivity contribution is 8.93. The SMILES string of the molecule is Br.Br.N=C(N)SCC1=C2SC(CSC(=N)N)=C3C=CC=CC32CC=C1. The van der Waals surface area contributed by atoms with Crippen molar-refractivity contribution in [3.05, 3.63) is 57.4 Å². The zero-order chi connectivity index (χ0) is 16.4. The molecule has 0 saturated heterocycles. The van der Waals surface area contributed by atoms with Crippen molar-refractivity contribution in [1.82, 2.24) is 0 Å². The Bertz CT molecular complexity index is 725. The Hall–Kier alpha value is -0.350. The van der Waals surface area contributed by atoms with Gasteiger partial charge in [0.15, 0.2) is 10.3 Å². The maximum atomic E-state index is 7.46. The van der Waals surface area contributed by atoms with Crippen molar-refractivity contribution in [2.75, 3.05) is 11.5 Å². The van der Waals surface area contributed by atoms with E-state index in [1.807, 2.05) is 0 Å². The van der Waals surface area contributed by atoms with Gasteiger partial charge < -0.3 is 11.5 Å². The van der Waals surface area contributed by atoms with Crippen LogP contribution < -0.4 is 11.5 Å². The lowest BCUT2D eigenvalue weighted by Gasteiger charge is -2.33. The molecule has 0 aromatic rings. The highest BCUT2D eigenvalue weighted by Gasteiger charge is 2.44. The fraction of sp³-hybridized carbons (Fsp3) is 0.250. The minimum Gasteiger partial charge on any atom is -0.379 e. The Morgan fingerprint density at radius 2 is 1.76 bits per heavy atom. The van der Waals surface area contributed by atoms with Crippen molar-refractivity contribution in [1.29, 1.82) is 10.8 Å². The van der Waals surface area contributed by atoms with E-state index in [9.17, 15) is 0 Å². The van der Waals surface area contributed by atoms with Gasteiger partial charge in [0.2, 0.25) is 0 Å². The number of nitrogens with two attached hydrogens (primary N) is 2. The molecule has 3 aliphatic rings. The normalized spacial score (nSPS) is 22.9. The van der Waals surface area contributed by atoms with Gasteiger partial charge in [-0.1, -0.05) is 71.7 Å². The molecule has 0 radical (unpaired) electrons. The first kappa shape index (κ1) is 22.7. The summed E-state index contributed by atoms with van der Waals surface area (Å²) in [7, 11) is 0. The first-order valence-corrected chi connectivity index (χ1v) is 9.93. The second-order valence-electron chi connectivity index (χ2n) is 5.40. The summed E-state index contributed by atoms with van der Waals surface area (Å²) in [5, 5.41) is 15.2. The molecule has 2 aliphatic carbocycles. The van der Waals surface area contributed by atoms with Crippen LogP contribution in [-0.2, 0) is 0 Å². The molecule has 0 aromatic heterocycles. The Morgan fingerprint density at radius 3 is 2.44 bits per heavy atom. The van der Waals surface area contributed by atoms with Gasteiger partial charge in [0.25, 0.3) is 0 Å². The van der Waals surface area contributed by atoms with Gasteiger partial charge in [-0.2, -0.15) is 0 Å². The number of rotatable bonds is 4. The van der Waals surface area contributed by atoms with Crippen LogP contribution in [0.5, 0.6) is 0 Å². The minimum absolute atomic E-state index is 0. The van der Waals surface area contributed by atoms with E-state index in [0.29, 0.717) is 5.75 Å². The van der Waals surface area contributed by atoms with Crippen LogP contribution in [0, 0.1) is 16.2 Å². The van der Waals surface area contributed by atoms with Crippen molar-refractivity contribution in [2.24, 2.45) is 16.9 Å². The molecular formula is C16H20Br2N4S3. The second-order valence-corrected chi connectivity index (χ2v) is 8.53. The summed E-state index contributed by atoms with van der Waals surface area (Å²) in [6, 6.07) is 0. The number of nitrogens with one attached hydrogen (secondary N) is 2. The van der Waals surface area contributed by atoms with Crippen LogP contribution in [-0.4, -0.2) is 21.8 Å². The standard InChI is InChI=1S/C16H18N4S3.2BrH/c17-14(18)21-8-10-4-3-7-16-6-2-1-5-11(16)12(23-13(10)16)9-22-15(19)20;;/h1-6H,7-9H2,(H3,17,18)(H3,19,20);2*1H. The highest BCUT2D eigenvalue weighted by Crippen LogP contribution is 2.61. The van der Waals surface area contributed by atoms with Crippen molar-refractivity contribution in [3.63, 3.8) is 0 Å². The third-order valence-corrected chi connectivity index (χ3v) is 7.09. The summed E-state index contributed by atoms with van der Waals surface area (Å²) in [5.74, 6) is 1.44. The van der Waals surface area contributed by atoms with Crippen LogP contribution in [0.2, 0.25) is 0 Å². The van der Waals surface area contributed by atoms with Crippen LogP contribution in [0.3, 0.4) is 0 Å². The summed E-state index contributed by atoms with van der Waals surface area (Å²) in [5.41, 5.74) is 13.5. The minimum atomic E-state index is -0.0759. The lowest BCUT2D eigenvalue weighted by molar-refractivity contribution is 0.590. The molecule has 1 unspecified atom stereocenters. The zero-order valence-electron chi connectivity index (χ0n) is 13.3. The van der Waals surface area contributed by atoms with Crippen LogP contribution >= 0.6 is 69.2 Å². The number of allylic oxidation sites excluding steroid dienone is 8. The zero-order valence-corrected chi connectivity index (χ0v) is 19.2. The van der Waals surface area contributed by atoms with E-state index in [0.717, 1.165) is 12.2 Å². The molecule has 1 atom stereocenters. The molecule has 25 heavy (non-hydrogen) atoms. The molecular weight excluding hydrogens is 504 g/mol. The Balaban J connectivity index is 0.00000156. The average molecular weight is 524 g/mol. The largest absolute Gasteiger partial charge is 0.379 e. The first-order valence-electron chi connectivity index (χ1n) is 7.14. The van der Waals surface area contributed by atoms with E-state index < -0.39 is 0 Å². The second kappa shape index (κ2) is 9.55. The maximum absolute atomic E-state index is 7.46. The summed E-state index contributed by atoms with van der Waals surface area (Å²) in [4.78, 5) is 2.61. The summed E-state index contributed by atoms with van der Waals surface area (Å²) >= 11 is 4.53. The molecule has 1 aliphatic heterocycles. The Kier molecular flexibility index (Phi) is 8.66. The van der Waals surface area contributed by atoms with E-state index in [4.69, 9.17) is 22.3 Å². The Labute approximate surface area is 181 Å². The Morgan fingerprint density at radius 1 is 1.08 bits per heavy atom. The molecule has 6 N–H and O–H groups in total. The van der Waals surface area contributed by atoms with Crippen molar-refractivity contribution < 1.29 is 0 Å². The molecule has 1 heterocycles. The highest BCUT2D eigenvalue weighted by atomic mass is 79.9. The third kappa shape index (κ3) is 4.68. The number of halogens is 2. The van der Waals surface area contributed by atoms with Gasteiger partial charge >= 0.3 is 0 Å². The van der Waals surface area contributed by atoms with Gasteiger partial charge in [-0.15, -0.1) is 34.0 Å². The molecule has 0 bridgehead atoms. The van der Waals surface area contributed by atoms with E-state index in [1.54, 1.807) is 11.8 Å². The predicted octanol–water partition coefficient (Wildman–Crippen LogP) is 4.72. The fourth-order valence-corrected chi connectivity index (χ4v) is 5.84. The number of hydrogen-bond acceptors (Lipinski definition) is 5. The molecule has 0 fully saturated rings. The maximum Gasteiger partial charge on any atom is 0.151 e. The summed E-state index contributed by atoms with van der Waals surface area (Å²) < 4.78 is 0. The van der Waals surface area contributed by atoms with E-state index in [2.05, 4.69) is 36.5 Å². The topological polar surface area (TPSA) is 99.7 Å². The lowest BCUT2D eigenvalue weighted by Crippen LogP contribution is -2.23. The van der Waals surface area contributed by atoms with Gasteiger partial charge in [0.1, 0.15) is 0 Å². The molecule has 0 amide bonds. The van der Waals surface area contributed by atoms with Crippen LogP contribution in [0.15, 0.2) is 57.4 Å². The number of thioether (sulfide) groups is 3. The molecule has 1 spiro atoms. The molecule has 0 aromatic carbocycles. The molecule has 136 valence electrons. The van der Waals surface area contributed by atoms with Crippen LogP contribution in [0.4, 0.5) is 0 Å². The average Bonchev–Trinajstić information content (AvgIpc) is 2.85.